The van der Waals surface area contributed by atoms with E-state index in [2.05, 4.69) is 4.98 Å². The highest BCUT2D eigenvalue weighted by Gasteiger charge is 1.98. The van der Waals surface area contributed by atoms with E-state index in [4.69, 9.17) is 23.2 Å². The van der Waals surface area contributed by atoms with Crippen LogP contribution >= 0.6 is 23.2 Å². The highest BCUT2D eigenvalue weighted by molar-refractivity contribution is 6.31. The number of hydrogen-bond donors (Lipinski definition) is 0. The Morgan fingerprint density at radius 3 is 3.00 bits per heavy atom. The summed E-state index contributed by atoms with van der Waals surface area (Å²) >= 11 is 11.5. The zero-order valence-corrected chi connectivity index (χ0v) is 6.97. The molecule has 0 spiro atoms. The van der Waals surface area contributed by atoms with E-state index in [0.717, 1.165) is 5.65 Å². The molecular formula is C7H4Cl2N2. The van der Waals surface area contributed by atoms with E-state index in [1.807, 2.05) is 0 Å². The number of fused-ring (bicyclic) bond motifs is 1. The monoisotopic (exact) mass is 186 g/mol. The molecule has 2 aromatic rings. The summed E-state index contributed by atoms with van der Waals surface area (Å²) in [6.07, 6.45) is 3.38. The number of halogens is 2. The molecule has 2 rings (SSSR count). The van der Waals surface area contributed by atoms with Crippen LogP contribution < -0.4 is 0 Å². The van der Waals surface area contributed by atoms with E-state index >= 15 is 0 Å². The second-order valence-electron chi connectivity index (χ2n) is 2.15. The van der Waals surface area contributed by atoms with E-state index in [9.17, 15) is 0 Å². The number of hydrogen-bond acceptors (Lipinski definition) is 1. The van der Waals surface area contributed by atoms with E-state index in [1.165, 1.54) is 0 Å². The Balaban J connectivity index is 2.86. The SMILES string of the molecule is Clc1ccn2c(Cl)cnc2c1. The minimum atomic E-state index is 0.594. The summed E-state index contributed by atoms with van der Waals surface area (Å²) in [7, 11) is 0. The van der Waals surface area contributed by atoms with Gasteiger partial charge < -0.3 is 0 Å². The van der Waals surface area contributed by atoms with Gasteiger partial charge in [0.25, 0.3) is 0 Å². The third-order valence-electron chi connectivity index (χ3n) is 1.43. The number of rotatable bonds is 0. The first-order valence-electron chi connectivity index (χ1n) is 3.05. The van der Waals surface area contributed by atoms with Gasteiger partial charge in [-0.05, 0) is 6.07 Å². The van der Waals surface area contributed by atoms with Gasteiger partial charge >= 0.3 is 0 Å². The van der Waals surface area contributed by atoms with Crippen LogP contribution in [0.2, 0.25) is 10.2 Å². The second-order valence-corrected chi connectivity index (χ2v) is 2.98. The van der Waals surface area contributed by atoms with E-state index in [1.54, 1.807) is 28.9 Å². The minimum absolute atomic E-state index is 0.594. The first-order valence-corrected chi connectivity index (χ1v) is 3.81. The fourth-order valence-corrected chi connectivity index (χ4v) is 1.27. The number of imidazole rings is 1. The van der Waals surface area contributed by atoms with Gasteiger partial charge in [-0.3, -0.25) is 4.40 Å². The van der Waals surface area contributed by atoms with Gasteiger partial charge in [-0.15, -0.1) is 0 Å². The van der Waals surface area contributed by atoms with Gasteiger partial charge in [-0.2, -0.15) is 0 Å². The standard InChI is InChI=1S/C7H4Cl2N2/c8-5-1-2-11-6(9)4-10-7(11)3-5/h1-4H. The third kappa shape index (κ3) is 1.08. The van der Waals surface area contributed by atoms with Crippen LogP contribution in [0.5, 0.6) is 0 Å². The Morgan fingerprint density at radius 1 is 1.36 bits per heavy atom. The van der Waals surface area contributed by atoms with Crippen molar-refractivity contribution in [2.24, 2.45) is 0 Å². The molecule has 0 saturated carbocycles. The zero-order chi connectivity index (χ0) is 7.84. The van der Waals surface area contributed by atoms with Crippen LogP contribution in [0.1, 0.15) is 0 Å². The quantitative estimate of drug-likeness (QED) is 0.619. The number of aromatic nitrogens is 2. The summed E-state index contributed by atoms with van der Waals surface area (Å²) in [5, 5.41) is 1.26. The Hall–Kier alpha value is -0.730. The van der Waals surface area contributed by atoms with Crippen molar-refractivity contribution in [2.75, 3.05) is 0 Å². The molecule has 0 bridgehead atoms. The fourth-order valence-electron chi connectivity index (χ4n) is 0.925. The highest BCUT2D eigenvalue weighted by Crippen LogP contribution is 2.15. The lowest BCUT2D eigenvalue weighted by Gasteiger charge is -1.93. The predicted molar refractivity (Wildman–Crippen MR) is 45.2 cm³/mol. The molecule has 0 amide bonds. The molecular weight excluding hydrogens is 183 g/mol. The lowest BCUT2D eigenvalue weighted by atomic mass is 10.5. The molecule has 0 aliphatic rings. The molecule has 0 saturated heterocycles. The maximum absolute atomic E-state index is 5.78. The van der Waals surface area contributed by atoms with Crippen molar-refractivity contribution in [2.45, 2.75) is 0 Å². The molecule has 0 atom stereocenters. The van der Waals surface area contributed by atoms with Crippen molar-refractivity contribution in [1.29, 1.82) is 0 Å². The average Bonchev–Trinajstić information content (AvgIpc) is 2.32. The molecule has 0 aliphatic heterocycles. The minimum Gasteiger partial charge on any atom is -0.290 e. The molecule has 0 N–H and O–H groups in total. The molecule has 0 aromatic carbocycles. The second kappa shape index (κ2) is 2.40. The van der Waals surface area contributed by atoms with Gasteiger partial charge in [0.15, 0.2) is 0 Å². The summed E-state index contributed by atoms with van der Waals surface area (Å²) in [5.74, 6) is 0. The Morgan fingerprint density at radius 2 is 2.18 bits per heavy atom. The van der Waals surface area contributed by atoms with Gasteiger partial charge in [0.05, 0.1) is 6.20 Å². The van der Waals surface area contributed by atoms with Crippen LogP contribution in [0.3, 0.4) is 0 Å². The Labute approximate surface area is 73.4 Å². The lowest BCUT2D eigenvalue weighted by molar-refractivity contribution is 1.19. The predicted octanol–water partition coefficient (Wildman–Crippen LogP) is 2.64. The molecule has 0 aliphatic carbocycles. The summed E-state index contributed by atoms with van der Waals surface area (Å²) in [6.45, 7) is 0. The normalized spacial score (nSPS) is 10.7. The van der Waals surface area contributed by atoms with Crippen molar-refractivity contribution in [3.63, 3.8) is 0 Å². The first kappa shape index (κ1) is 6.95. The van der Waals surface area contributed by atoms with Crippen LogP contribution in [0.25, 0.3) is 5.65 Å². The van der Waals surface area contributed by atoms with Gasteiger partial charge in [-0.1, -0.05) is 23.2 Å². The Kier molecular flexibility index (Phi) is 1.51. The van der Waals surface area contributed by atoms with Crippen molar-refractivity contribution >= 4 is 28.8 Å². The summed E-state index contributed by atoms with van der Waals surface area (Å²) in [5.41, 5.74) is 0.766. The van der Waals surface area contributed by atoms with Gasteiger partial charge in [0.1, 0.15) is 10.8 Å². The largest absolute Gasteiger partial charge is 0.290 e. The van der Waals surface area contributed by atoms with Crippen LogP contribution in [0.4, 0.5) is 0 Å². The summed E-state index contributed by atoms with van der Waals surface area (Å²) < 4.78 is 1.76. The molecule has 11 heavy (non-hydrogen) atoms. The molecule has 0 fully saturated rings. The van der Waals surface area contributed by atoms with Gasteiger partial charge in [-0.25, -0.2) is 4.98 Å². The van der Waals surface area contributed by atoms with E-state index in [0.29, 0.717) is 10.2 Å². The van der Waals surface area contributed by atoms with Crippen LogP contribution in [-0.4, -0.2) is 9.38 Å². The third-order valence-corrected chi connectivity index (χ3v) is 1.94. The highest BCUT2D eigenvalue weighted by atomic mass is 35.5. The van der Waals surface area contributed by atoms with E-state index < -0.39 is 0 Å². The Bertz CT molecular complexity index is 394. The zero-order valence-electron chi connectivity index (χ0n) is 5.46. The van der Waals surface area contributed by atoms with Crippen molar-refractivity contribution in [1.82, 2.24) is 9.38 Å². The van der Waals surface area contributed by atoms with Gasteiger partial charge in [0.2, 0.25) is 0 Å². The topological polar surface area (TPSA) is 17.3 Å². The first-order chi connectivity index (χ1) is 5.27. The smallest absolute Gasteiger partial charge is 0.139 e. The van der Waals surface area contributed by atoms with Crippen LogP contribution in [0, 0.1) is 0 Å². The van der Waals surface area contributed by atoms with Crippen LogP contribution in [0.15, 0.2) is 24.5 Å². The molecule has 0 radical (unpaired) electrons. The molecule has 56 valence electrons. The molecule has 2 heterocycles. The van der Waals surface area contributed by atoms with E-state index in [-0.39, 0.29) is 0 Å². The summed E-state index contributed by atoms with van der Waals surface area (Å²) in [6, 6.07) is 3.52. The summed E-state index contributed by atoms with van der Waals surface area (Å²) in [4.78, 5) is 4.03. The van der Waals surface area contributed by atoms with Crippen molar-refractivity contribution < 1.29 is 0 Å². The maximum atomic E-state index is 5.78. The van der Waals surface area contributed by atoms with Crippen molar-refractivity contribution in [3.05, 3.63) is 34.7 Å². The fraction of sp³-hybridized carbons (Fsp3) is 0. The molecule has 2 nitrogen and oxygen atoms in total. The maximum Gasteiger partial charge on any atom is 0.139 e. The van der Waals surface area contributed by atoms with Gasteiger partial charge in [0, 0.05) is 17.3 Å². The number of nitrogens with zero attached hydrogens (tertiary/aromatic N) is 2. The average molecular weight is 187 g/mol. The molecule has 2 aromatic heterocycles. The van der Waals surface area contributed by atoms with Crippen molar-refractivity contribution in [3.8, 4) is 0 Å². The molecule has 0 unspecified atom stereocenters. The molecule has 4 heteroatoms. The lowest BCUT2D eigenvalue weighted by Crippen LogP contribution is -1.81. The van der Waals surface area contributed by atoms with Crippen LogP contribution in [-0.2, 0) is 0 Å². The number of pyridine rings is 1.